The van der Waals surface area contributed by atoms with Crippen LogP contribution in [-0.2, 0) is 9.59 Å². The van der Waals surface area contributed by atoms with Crippen LogP contribution in [0.1, 0.15) is 19.3 Å². The van der Waals surface area contributed by atoms with Crippen LogP contribution in [-0.4, -0.2) is 23.9 Å². The van der Waals surface area contributed by atoms with Crippen LogP contribution >= 0.6 is 0 Å². The van der Waals surface area contributed by atoms with E-state index >= 15 is 0 Å². The van der Waals surface area contributed by atoms with Crippen LogP contribution in [0, 0.1) is 0 Å². The lowest BCUT2D eigenvalue weighted by molar-refractivity contribution is -0.119. The molecule has 8 N–H and O–H groups in total. The van der Waals surface area contributed by atoms with Gasteiger partial charge < -0.3 is 22.9 Å². The number of carbonyl (C=O) groups is 2. The first kappa shape index (κ1) is 11.9. The Morgan fingerprint density at radius 1 is 0.923 bits per heavy atom. The highest BCUT2D eigenvalue weighted by molar-refractivity contribution is 5.80. The van der Waals surface area contributed by atoms with Gasteiger partial charge in [0.15, 0.2) is 0 Å². The Balaban J connectivity index is 3.56. The molecular weight excluding hydrogens is 172 g/mol. The van der Waals surface area contributed by atoms with E-state index in [1.54, 1.807) is 0 Å². The maximum Gasteiger partial charge on any atom is 0.234 e. The molecule has 0 aromatic rings. The van der Waals surface area contributed by atoms with Crippen LogP contribution in [0.2, 0.25) is 0 Å². The number of rotatable bonds is 6. The minimum absolute atomic E-state index is 0.427. The number of hydrogen-bond donors (Lipinski definition) is 4. The third-order valence-electron chi connectivity index (χ3n) is 1.76. The average molecular weight is 188 g/mol. The molecule has 0 heterocycles. The van der Waals surface area contributed by atoms with Gasteiger partial charge in [0.25, 0.3) is 0 Å². The minimum Gasteiger partial charge on any atom is -0.368 e. The zero-order chi connectivity index (χ0) is 10.4. The summed E-state index contributed by atoms with van der Waals surface area (Å²) in [5, 5.41) is 0. The molecule has 0 bridgehead atoms. The number of hydrogen-bond acceptors (Lipinski definition) is 4. The van der Waals surface area contributed by atoms with E-state index in [0.29, 0.717) is 19.3 Å². The topological polar surface area (TPSA) is 138 Å². The number of primary amides is 2. The maximum atomic E-state index is 10.5. The molecule has 2 amide bonds. The summed E-state index contributed by atoms with van der Waals surface area (Å²) < 4.78 is 0. The molecule has 76 valence electrons. The molecule has 6 nitrogen and oxygen atoms in total. The minimum atomic E-state index is -0.667. The summed E-state index contributed by atoms with van der Waals surface area (Å²) in [7, 11) is 0. The van der Waals surface area contributed by atoms with Crippen LogP contribution in [0.4, 0.5) is 0 Å². The van der Waals surface area contributed by atoms with Crippen molar-refractivity contribution in [1.82, 2.24) is 0 Å². The lowest BCUT2D eigenvalue weighted by Gasteiger charge is -2.09. The molecule has 6 heteroatoms. The first-order chi connectivity index (χ1) is 5.95. The van der Waals surface area contributed by atoms with Gasteiger partial charge in [-0.05, 0) is 19.3 Å². The summed E-state index contributed by atoms with van der Waals surface area (Å²) in [5.41, 5.74) is 20.5. The molecule has 0 spiro atoms. The fraction of sp³-hybridized carbons (Fsp3) is 0.714. The fourth-order valence-corrected chi connectivity index (χ4v) is 0.842. The second-order valence-corrected chi connectivity index (χ2v) is 2.95. The first-order valence-electron chi connectivity index (χ1n) is 4.05. The van der Waals surface area contributed by atoms with Crippen molar-refractivity contribution in [2.75, 3.05) is 0 Å². The third-order valence-corrected chi connectivity index (χ3v) is 1.76. The van der Waals surface area contributed by atoms with Crippen molar-refractivity contribution >= 4 is 11.8 Å². The van der Waals surface area contributed by atoms with Crippen molar-refractivity contribution in [3.8, 4) is 0 Å². The van der Waals surface area contributed by atoms with E-state index in [-0.39, 0.29) is 0 Å². The molecule has 0 saturated carbocycles. The molecule has 0 saturated heterocycles. The standard InChI is InChI=1S/C7H16N4O2/c8-4(6(10)12)2-1-3-5(9)7(11)13/h4-5H,1-3,8-9H2,(H2,10,12)(H2,11,13). The van der Waals surface area contributed by atoms with Crippen LogP contribution in [0.3, 0.4) is 0 Å². The molecule has 0 aliphatic carbocycles. The summed E-state index contributed by atoms with van der Waals surface area (Å²) in [4.78, 5) is 21.0. The van der Waals surface area contributed by atoms with Crippen LogP contribution in [0.5, 0.6) is 0 Å². The molecule has 0 rings (SSSR count). The lowest BCUT2D eigenvalue weighted by Crippen LogP contribution is -2.38. The van der Waals surface area contributed by atoms with Crippen LogP contribution in [0.25, 0.3) is 0 Å². The Labute approximate surface area is 76.6 Å². The predicted molar refractivity (Wildman–Crippen MR) is 48.2 cm³/mol. The highest BCUT2D eigenvalue weighted by Gasteiger charge is 2.12. The van der Waals surface area contributed by atoms with Gasteiger partial charge in [0, 0.05) is 0 Å². The molecule has 2 atom stereocenters. The predicted octanol–water partition coefficient (Wildman–Crippen LogP) is -2.22. The fourth-order valence-electron chi connectivity index (χ4n) is 0.842. The van der Waals surface area contributed by atoms with Gasteiger partial charge in [-0.2, -0.15) is 0 Å². The Hall–Kier alpha value is -1.14. The summed E-state index contributed by atoms with van der Waals surface area (Å²) in [6.07, 6.45) is 1.42. The van der Waals surface area contributed by atoms with E-state index in [9.17, 15) is 9.59 Å². The average Bonchev–Trinajstić information content (AvgIpc) is 2.03. The van der Waals surface area contributed by atoms with Gasteiger partial charge >= 0.3 is 0 Å². The Bertz CT molecular complexity index is 175. The molecule has 0 aromatic heterocycles. The molecule has 0 aliphatic rings. The van der Waals surface area contributed by atoms with Gasteiger partial charge in [-0.3, -0.25) is 9.59 Å². The summed E-state index contributed by atoms with van der Waals surface area (Å²) >= 11 is 0. The van der Waals surface area contributed by atoms with E-state index in [1.807, 2.05) is 0 Å². The molecule has 0 radical (unpaired) electrons. The van der Waals surface area contributed by atoms with E-state index in [0.717, 1.165) is 0 Å². The van der Waals surface area contributed by atoms with Gasteiger partial charge in [0.1, 0.15) is 0 Å². The zero-order valence-electron chi connectivity index (χ0n) is 7.40. The monoisotopic (exact) mass is 188 g/mol. The number of nitrogens with two attached hydrogens (primary N) is 4. The van der Waals surface area contributed by atoms with Crippen molar-refractivity contribution in [3.63, 3.8) is 0 Å². The SMILES string of the molecule is NC(=O)C(N)CCCC(N)C(N)=O. The Morgan fingerprint density at radius 3 is 1.46 bits per heavy atom. The van der Waals surface area contributed by atoms with Gasteiger partial charge in [0.05, 0.1) is 12.1 Å². The quantitative estimate of drug-likeness (QED) is 0.375. The third kappa shape index (κ3) is 5.15. The van der Waals surface area contributed by atoms with Crippen molar-refractivity contribution in [1.29, 1.82) is 0 Å². The lowest BCUT2D eigenvalue weighted by atomic mass is 10.1. The smallest absolute Gasteiger partial charge is 0.234 e. The Morgan fingerprint density at radius 2 is 1.23 bits per heavy atom. The van der Waals surface area contributed by atoms with E-state index in [4.69, 9.17) is 22.9 Å². The number of amides is 2. The molecular formula is C7H16N4O2. The summed E-state index contributed by atoms with van der Waals surface area (Å²) in [6, 6.07) is -1.33. The molecule has 0 aliphatic heterocycles. The first-order valence-corrected chi connectivity index (χ1v) is 4.05. The highest BCUT2D eigenvalue weighted by atomic mass is 16.1. The van der Waals surface area contributed by atoms with Crippen LogP contribution < -0.4 is 22.9 Å². The van der Waals surface area contributed by atoms with Crippen molar-refractivity contribution in [2.45, 2.75) is 31.3 Å². The summed E-state index contributed by atoms with van der Waals surface area (Å²) in [5.74, 6) is -1.10. The Kier molecular flexibility index (Phi) is 5.01. The second-order valence-electron chi connectivity index (χ2n) is 2.95. The van der Waals surface area contributed by atoms with Gasteiger partial charge in [-0.15, -0.1) is 0 Å². The van der Waals surface area contributed by atoms with E-state index in [2.05, 4.69) is 0 Å². The van der Waals surface area contributed by atoms with Crippen molar-refractivity contribution < 1.29 is 9.59 Å². The van der Waals surface area contributed by atoms with Gasteiger partial charge in [-0.25, -0.2) is 0 Å². The normalized spacial score (nSPS) is 14.9. The zero-order valence-corrected chi connectivity index (χ0v) is 7.40. The van der Waals surface area contributed by atoms with E-state index < -0.39 is 23.9 Å². The molecule has 13 heavy (non-hydrogen) atoms. The van der Waals surface area contributed by atoms with Crippen molar-refractivity contribution in [2.24, 2.45) is 22.9 Å². The second kappa shape index (κ2) is 5.50. The highest BCUT2D eigenvalue weighted by Crippen LogP contribution is 2.00. The molecule has 0 fully saturated rings. The van der Waals surface area contributed by atoms with Crippen molar-refractivity contribution in [3.05, 3.63) is 0 Å². The molecule has 0 aromatic carbocycles. The van der Waals surface area contributed by atoms with Gasteiger partial charge in [0.2, 0.25) is 11.8 Å². The summed E-state index contributed by atoms with van der Waals surface area (Å²) in [6.45, 7) is 0. The van der Waals surface area contributed by atoms with Gasteiger partial charge in [-0.1, -0.05) is 0 Å². The molecule has 2 unspecified atom stereocenters. The van der Waals surface area contributed by atoms with Crippen LogP contribution in [0.15, 0.2) is 0 Å². The van der Waals surface area contributed by atoms with E-state index in [1.165, 1.54) is 0 Å². The largest absolute Gasteiger partial charge is 0.368 e. The number of carbonyl (C=O) groups excluding carboxylic acids is 2. The maximum absolute atomic E-state index is 10.5.